The van der Waals surface area contributed by atoms with Gasteiger partial charge in [-0.05, 0) is 12.1 Å². The molecular weight excluding hydrogens is 289 g/mol. The smallest absolute Gasteiger partial charge is 0.252 e. The molecule has 1 aliphatic heterocycles. The van der Waals surface area contributed by atoms with Gasteiger partial charge in [-0.25, -0.2) is 4.79 Å². The van der Waals surface area contributed by atoms with E-state index in [0.29, 0.717) is 15.5 Å². The van der Waals surface area contributed by atoms with Crippen molar-refractivity contribution in [1.82, 2.24) is 0 Å². The molecule has 2 nitrogen and oxygen atoms in total. The average molecular weight is 302 g/mol. The first-order valence-corrected chi connectivity index (χ1v) is 6.57. The van der Waals surface area contributed by atoms with Crippen molar-refractivity contribution in [1.29, 1.82) is 0 Å². The molecule has 1 saturated carbocycles. The number of rotatable bonds is 1. The van der Waals surface area contributed by atoms with Crippen LogP contribution in [0.2, 0.25) is 5.02 Å². The summed E-state index contributed by atoms with van der Waals surface area (Å²) in [6.07, 6.45) is 2.32. The molecule has 4 heteroatoms. The largest absolute Gasteiger partial charge is 0.348 e. The second-order valence-electron chi connectivity index (χ2n) is 4.88. The van der Waals surface area contributed by atoms with Gasteiger partial charge < -0.3 is 0 Å². The number of nitrogens with zero attached hydrogens (tertiary/aromatic N) is 1. The number of benzene rings is 1. The van der Waals surface area contributed by atoms with Crippen LogP contribution >= 0.6 is 27.5 Å². The van der Waals surface area contributed by atoms with Gasteiger partial charge in [-0.1, -0.05) is 27.5 Å². The number of carbonyl (C=O) groups is 1. The topological polar surface area (TPSA) is 17.1 Å². The minimum absolute atomic E-state index is 0.190. The van der Waals surface area contributed by atoms with Gasteiger partial charge in [0.25, 0.3) is 0 Å². The van der Waals surface area contributed by atoms with E-state index in [4.69, 9.17) is 11.6 Å². The van der Waals surface area contributed by atoms with Crippen LogP contribution in [-0.4, -0.2) is 23.5 Å². The molecular formula is C12H12BrClNO+. The normalized spacial score (nSPS) is 28.3. The fourth-order valence-corrected chi connectivity index (χ4v) is 3.57. The van der Waals surface area contributed by atoms with E-state index in [9.17, 15) is 4.79 Å². The van der Waals surface area contributed by atoms with Crippen LogP contribution in [-0.2, 0) is 6.54 Å². The molecule has 84 valence electrons. The fraction of sp³-hybridized carbons (Fsp3) is 0.417. The highest BCUT2D eigenvalue weighted by molar-refractivity contribution is 9.10. The molecule has 16 heavy (non-hydrogen) atoms. The van der Waals surface area contributed by atoms with Gasteiger partial charge in [-0.15, -0.1) is 0 Å². The molecule has 1 aromatic carbocycles. The number of halogens is 2. The molecule has 1 aromatic rings. The maximum atomic E-state index is 12.4. The number of quaternary nitrogens is 1. The molecule has 3 rings (SSSR count). The van der Waals surface area contributed by atoms with Crippen LogP contribution in [0.1, 0.15) is 28.8 Å². The van der Waals surface area contributed by atoms with Gasteiger partial charge in [-0.3, -0.25) is 4.48 Å². The Morgan fingerprint density at radius 2 is 2.12 bits per heavy atom. The third-order valence-electron chi connectivity index (χ3n) is 3.67. The number of hydrogen-bond donors (Lipinski definition) is 0. The number of amides is 1. The van der Waals surface area contributed by atoms with E-state index in [1.807, 2.05) is 13.1 Å². The lowest BCUT2D eigenvalue weighted by molar-refractivity contribution is -0.849. The maximum absolute atomic E-state index is 12.4. The van der Waals surface area contributed by atoms with Crippen molar-refractivity contribution in [3.05, 3.63) is 32.8 Å². The zero-order chi connectivity index (χ0) is 11.5. The monoisotopic (exact) mass is 300 g/mol. The van der Waals surface area contributed by atoms with Gasteiger partial charge in [0.05, 0.1) is 18.1 Å². The van der Waals surface area contributed by atoms with Gasteiger partial charge in [0, 0.05) is 22.9 Å². The number of fused-ring (bicyclic) bond motifs is 1. The van der Waals surface area contributed by atoms with Crippen LogP contribution in [0.15, 0.2) is 16.6 Å². The summed E-state index contributed by atoms with van der Waals surface area (Å²) in [6, 6.07) is 4.33. The van der Waals surface area contributed by atoms with E-state index in [1.54, 1.807) is 6.07 Å². The van der Waals surface area contributed by atoms with Crippen LogP contribution in [0.5, 0.6) is 0 Å². The van der Waals surface area contributed by atoms with Gasteiger partial charge >= 0.3 is 5.91 Å². The Labute approximate surface area is 108 Å². The summed E-state index contributed by atoms with van der Waals surface area (Å²) in [5.41, 5.74) is 1.82. The van der Waals surface area contributed by atoms with Crippen molar-refractivity contribution >= 4 is 33.4 Å². The summed E-state index contributed by atoms with van der Waals surface area (Å²) in [7, 11) is 2.03. The zero-order valence-corrected chi connectivity index (χ0v) is 11.3. The third-order valence-corrected chi connectivity index (χ3v) is 4.42. The predicted molar refractivity (Wildman–Crippen MR) is 66.4 cm³/mol. The SMILES string of the molecule is C[N+]1(C2CC2)Cc2cc(Br)cc(Cl)c2C1=O. The van der Waals surface area contributed by atoms with Crippen molar-refractivity contribution in [3.8, 4) is 0 Å². The van der Waals surface area contributed by atoms with Crippen molar-refractivity contribution in [3.63, 3.8) is 0 Å². The summed E-state index contributed by atoms with van der Waals surface area (Å²) in [5, 5.41) is 0.580. The first-order valence-electron chi connectivity index (χ1n) is 5.40. The quantitative estimate of drug-likeness (QED) is 0.727. The van der Waals surface area contributed by atoms with Gasteiger partial charge in [0.15, 0.2) is 0 Å². The minimum Gasteiger partial charge on any atom is -0.252 e. The highest BCUT2D eigenvalue weighted by Gasteiger charge is 2.52. The Balaban J connectivity index is 2.13. The van der Waals surface area contributed by atoms with E-state index >= 15 is 0 Å². The average Bonchev–Trinajstić information content (AvgIpc) is 2.95. The van der Waals surface area contributed by atoms with Crippen molar-refractivity contribution in [2.45, 2.75) is 25.4 Å². The van der Waals surface area contributed by atoms with Crippen LogP contribution in [0.3, 0.4) is 0 Å². The summed E-state index contributed by atoms with van der Waals surface area (Å²) in [6.45, 7) is 0.790. The Morgan fingerprint density at radius 1 is 1.44 bits per heavy atom. The molecule has 1 atom stereocenters. The molecule has 0 saturated heterocycles. The first kappa shape index (κ1) is 10.8. The maximum Gasteiger partial charge on any atom is 0.348 e. The number of carbonyl (C=O) groups excluding carboxylic acids is 1. The Kier molecular flexibility index (Phi) is 2.23. The van der Waals surface area contributed by atoms with Crippen LogP contribution < -0.4 is 0 Å². The molecule has 0 N–H and O–H groups in total. The lowest BCUT2D eigenvalue weighted by atomic mass is 10.1. The molecule has 0 spiro atoms. The molecule has 1 amide bonds. The third kappa shape index (κ3) is 1.38. The molecule has 1 heterocycles. The Hall–Kier alpha value is -0.380. The van der Waals surface area contributed by atoms with Crippen molar-refractivity contribution < 1.29 is 9.28 Å². The van der Waals surface area contributed by atoms with E-state index in [2.05, 4.69) is 15.9 Å². The van der Waals surface area contributed by atoms with Gasteiger partial charge in [0.1, 0.15) is 12.1 Å². The molecule has 0 aromatic heterocycles. The van der Waals surface area contributed by atoms with E-state index in [0.717, 1.165) is 35.0 Å². The standard InChI is InChI=1S/C12H12BrClNO/c1-15(9-2-3-9)6-7-4-8(13)5-10(14)11(7)12(15)16/h4-5,9H,2-3,6H2,1H3/q+1. The lowest BCUT2D eigenvalue weighted by Crippen LogP contribution is -2.46. The van der Waals surface area contributed by atoms with Gasteiger partial charge in [0.2, 0.25) is 0 Å². The Bertz CT molecular complexity index is 498. The second kappa shape index (κ2) is 3.31. The van der Waals surface area contributed by atoms with Crippen molar-refractivity contribution in [2.24, 2.45) is 0 Å². The van der Waals surface area contributed by atoms with Crippen LogP contribution in [0, 0.1) is 0 Å². The minimum atomic E-state index is 0.190. The zero-order valence-electron chi connectivity index (χ0n) is 8.96. The van der Waals surface area contributed by atoms with E-state index in [-0.39, 0.29) is 5.91 Å². The molecule has 1 aliphatic carbocycles. The first-order chi connectivity index (χ1) is 7.52. The van der Waals surface area contributed by atoms with Gasteiger partial charge in [-0.2, -0.15) is 0 Å². The van der Waals surface area contributed by atoms with Crippen LogP contribution in [0.25, 0.3) is 0 Å². The lowest BCUT2D eigenvalue weighted by Gasteiger charge is -2.25. The molecule has 0 radical (unpaired) electrons. The van der Waals surface area contributed by atoms with Crippen LogP contribution in [0.4, 0.5) is 0 Å². The van der Waals surface area contributed by atoms with Crippen molar-refractivity contribution in [2.75, 3.05) is 7.05 Å². The molecule has 1 fully saturated rings. The molecule has 1 unspecified atom stereocenters. The number of hydrogen-bond acceptors (Lipinski definition) is 1. The molecule has 0 bridgehead atoms. The summed E-state index contributed by atoms with van der Waals surface area (Å²) in [5.74, 6) is 0.190. The Morgan fingerprint density at radius 3 is 2.75 bits per heavy atom. The summed E-state index contributed by atoms with van der Waals surface area (Å²) >= 11 is 9.58. The van der Waals surface area contributed by atoms with E-state index in [1.165, 1.54) is 0 Å². The fourth-order valence-electron chi connectivity index (χ4n) is 2.61. The summed E-state index contributed by atoms with van der Waals surface area (Å²) < 4.78 is 1.47. The summed E-state index contributed by atoms with van der Waals surface area (Å²) in [4.78, 5) is 12.4. The van der Waals surface area contributed by atoms with E-state index < -0.39 is 0 Å². The highest BCUT2D eigenvalue weighted by Crippen LogP contribution is 2.43. The highest BCUT2D eigenvalue weighted by atomic mass is 79.9. The molecule has 2 aliphatic rings. The second-order valence-corrected chi connectivity index (χ2v) is 6.21. The predicted octanol–water partition coefficient (Wildman–Crippen LogP) is 3.37.